The highest BCUT2D eigenvalue weighted by Gasteiger charge is 2.20. The van der Waals surface area contributed by atoms with E-state index >= 15 is 0 Å². The molecule has 1 aliphatic heterocycles. The number of aromatic nitrogens is 1. The molecular weight excluding hydrogens is 272 g/mol. The molecule has 2 aromatic rings. The van der Waals surface area contributed by atoms with E-state index in [9.17, 15) is 4.79 Å². The van der Waals surface area contributed by atoms with Gasteiger partial charge in [-0.1, -0.05) is 19.1 Å². The zero-order valence-corrected chi connectivity index (χ0v) is 12.1. The monoisotopic (exact) mass is 288 g/mol. The lowest BCUT2D eigenvalue weighted by molar-refractivity contribution is 0.0697. The van der Waals surface area contributed by atoms with E-state index < -0.39 is 5.97 Å². The first-order valence-corrected chi connectivity index (χ1v) is 7.53. The van der Waals surface area contributed by atoms with Gasteiger partial charge in [0.1, 0.15) is 5.01 Å². The Bertz CT molecular complexity index is 634. The van der Waals surface area contributed by atoms with Gasteiger partial charge in [-0.05, 0) is 18.7 Å². The van der Waals surface area contributed by atoms with Crippen molar-refractivity contribution in [1.82, 2.24) is 9.88 Å². The Kier molecular flexibility index (Phi) is 3.54. The molecule has 0 saturated heterocycles. The molecule has 0 radical (unpaired) electrons. The predicted molar refractivity (Wildman–Crippen MR) is 79.2 cm³/mol. The van der Waals surface area contributed by atoms with Crippen LogP contribution in [0, 0.1) is 0 Å². The molecule has 0 spiro atoms. The Morgan fingerprint density at radius 1 is 1.40 bits per heavy atom. The first-order chi connectivity index (χ1) is 9.67. The van der Waals surface area contributed by atoms with Crippen molar-refractivity contribution in [3.05, 3.63) is 40.4 Å². The van der Waals surface area contributed by atoms with Crippen molar-refractivity contribution in [2.45, 2.75) is 19.9 Å². The molecule has 104 valence electrons. The smallest absolute Gasteiger partial charge is 0.335 e. The average molecular weight is 288 g/mol. The number of carboxylic acids is 1. The van der Waals surface area contributed by atoms with Gasteiger partial charge in [0.05, 0.1) is 11.3 Å². The highest BCUT2D eigenvalue weighted by Crippen LogP contribution is 2.31. The molecule has 0 fully saturated rings. The Labute approximate surface area is 121 Å². The number of rotatable bonds is 3. The number of fused-ring (bicyclic) bond motifs is 1. The lowest BCUT2D eigenvalue weighted by Gasteiger charge is -2.23. The summed E-state index contributed by atoms with van der Waals surface area (Å²) in [6.07, 6.45) is 1.01. The number of benzene rings is 1. The second kappa shape index (κ2) is 5.34. The minimum absolute atomic E-state index is 0.312. The van der Waals surface area contributed by atoms with Crippen molar-refractivity contribution in [2.24, 2.45) is 0 Å². The third-order valence-electron chi connectivity index (χ3n) is 3.64. The van der Waals surface area contributed by atoms with E-state index in [1.807, 2.05) is 12.1 Å². The molecule has 5 heteroatoms. The Morgan fingerprint density at radius 2 is 2.15 bits per heavy atom. The third kappa shape index (κ3) is 2.46. The van der Waals surface area contributed by atoms with Crippen LogP contribution in [0.5, 0.6) is 0 Å². The van der Waals surface area contributed by atoms with E-state index in [2.05, 4.69) is 11.8 Å². The third-order valence-corrected chi connectivity index (χ3v) is 4.77. The van der Waals surface area contributed by atoms with Crippen LogP contribution in [0.1, 0.15) is 27.9 Å². The molecule has 2 heterocycles. The van der Waals surface area contributed by atoms with Gasteiger partial charge in [-0.2, -0.15) is 0 Å². The quantitative estimate of drug-likeness (QED) is 0.943. The summed E-state index contributed by atoms with van der Waals surface area (Å²) in [6.45, 7) is 5.30. The second-order valence-corrected chi connectivity index (χ2v) is 5.97. The van der Waals surface area contributed by atoms with E-state index in [1.165, 1.54) is 10.6 Å². The van der Waals surface area contributed by atoms with Crippen molar-refractivity contribution in [2.75, 3.05) is 13.1 Å². The number of hydrogen-bond donors (Lipinski definition) is 1. The van der Waals surface area contributed by atoms with Gasteiger partial charge < -0.3 is 5.11 Å². The second-order valence-electron chi connectivity index (χ2n) is 4.89. The summed E-state index contributed by atoms with van der Waals surface area (Å²) in [5.41, 5.74) is 2.52. The molecule has 0 saturated carbocycles. The zero-order valence-electron chi connectivity index (χ0n) is 11.3. The predicted octanol–water partition coefficient (Wildman–Crippen LogP) is 2.89. The molecule has 0 amide bonds. The van der Waals surface area contributed by atoms with Gasteiger partial charge in [-0.15, -0.1) is 11.3 Å². The molecule has 4 nitrogen and oxygen atoms in total. The van der Waals surface area contributed by atoms with Crippen LogP contribution in [0.2, 0.25) is 0 Å². The molecule has 0 bridgehead atoms. The van der Waals surface area contributed by atoms with Gasteiger partial charge in [0.15, 0.2) is 0 Å². The molecule has 1 aliphatic rings. The Morgan fingerprint density at radius 3 is 2.80 bits per heavy atom. The van der Waals surface area contributed by atoms with Gasteiger partial charge in [-0.25, -0.2) is 9.78 Å². The molecule has 0 atom stereocenters. The molecule has 0 unspecified atom stereocenters. The fourth-order valence-electron chi connectivity index (χ4n) is 2.40. The number of aromatic carboxylic acids is 1. The normalized spacial score (nSPS) is 15.1. The summed E-state index contributed by atoms with van der Waals surface area (Å²) < 4.78 is 0. The molecule has 1 aromatic heterocycles. The highest BCUT2D eigenvalue weighted by atomic mass is 32.1. The SMILES string of the molecule is CCN1CCc2nc(-c3ccc(C(=O)O)cc3)sc2C1. The molecule has 1 N–H and O–H groups in total. The van der Waals surface area contributed by atoms with Gasteiger partial charge in [0, 0.05) is 30.0 Å². The van der Waals surface area contributed by atoms with Crippen LogP contribution >= 0.6 is 11.3 Å². The molecule has 20 heavy (non-hydrogen) atoms. The zero-order chi connectivity index (χ0) is 14.1. The minimum atomic E-state index is -0.895. The van der Waals surface area contributed by atoms with E-state index in [4.69, 9.17) is 10.1 Å². The fraction of sp³-hybridized carbons (Fsp3) is 0.333. The maximum absolute atomic E-state index is 10.9. The van der Waals surface area contributed by atoms with Crippen LogP contribution in [0.15, 0.2) is 24.3 Å². The summed E-state index contributed by atoms with van der Waals surface area (Å²) in [4.78, 5) is 19.3. The lowest BCUT2D eigenvalue weighted by atomic mass is 10.1. The van der Waals surface area contributed by atoms with Gasteiger partial charge in [0.2, 0.25) is 0 Å². The van der Waals surface area contributed by atoms with Crippen LogP contribution < -0.4 is 0 Å². The number of carboxylic acid groups (broad SMARTS) is 1. The van der Waals surface area contributed by atoms with Crippen LogP contribution in [-0.4, -0.2) is 34.0 Å². The summed E-state index contributed by atoms with van der Waals surface area (Å²) in [6, 6.07) is 6.95. The summed E-state index contributed by atoms with van der Waals surface area (Å²) in [7, 11) is 0. The number of carbonyl (C=O) groups is 1. The van der Waals surface area contributed by atoms with E-state index in [-0.39, 0.29) is 0 Å². The van der Waals surface area contributed by atoms with E-state index in [0.29, 0.717) is 5.56 Å². The summed E-state index contributed by atoms with van der Waals surface area (Å²) in [5, 5.41) is 9.91. The van der Waals surface area contributed by atoms with Crippen molar-refractivity contribution in [3.8, 4) is 10.6 Å². The topological polar surface area (TPSA) is 53.4 Å². The van der Waals surface area contributed by atoms with E-state index in [1.54, 1.807) is 23.5 Å². The highest BCUT2D eigenvalue weighted by molar-refractivity contribution is 7.15. The van der Waals surface area contributed by atoms with E-state index in [0.717, 1.165) is 36.6 Å². The number of likely N-dealkylation sites (N-methyl/N-ethyl adjacent to an activating group) is 1. The average Bonchev–Trinajstić information content (AvgIpc) is 2.90. The minimum Gasteiger partial charge on any atom is -0.478 e. The number of nitrogens with zero attached hydrogens (tertiary/aromatic N) is 2. The van der Waals surface area contributed by atoms with Gasteiger partial charge in [-0.3, -0.25) is 4.90 Å². The largest absolute Gasteiger partial charge is 0.478 e. The molecule has 0 aliphatic carbocycles. The van der Waals surface area contributed by atoms with Crippen LogP contribution in [0.25, 0.3) is 10.6 Å². The Hall–Kier alpha value is -1.72. The summed E-state index contributed by atoms with van der Waals surface area (Å²) >= 11 is 1.72. The van der Waals surface area contributed by atoms with Gasteiger partial charge >= 0.3 is 5.97 Å². The maximum Gasteiger partial charge on any atom is 0.335 e. The van der Waals surface area contributed by atoms with Crippen molar-refractivity contribution >= 4 is 17.3 Å². The maximum atomic E-state index is 10.9. The van der Waals surface area contributed by atoms with Crippen molar-refractivity contribution in [1.29, 1.82) is 0 Å². The van der Waals surface area contributed by atoms with Crippen LogP contribution in [-0.2, 0) is 13.0 Å². The first kappa shape index (κ1) is 13.3. The number of thiazole rings is 1. The fourth-order valence-corrected chi connectivity index (χ4v) is 3.55. The van der Waals surface area contributed by atoms with Gasteiger partial charge in [0.25, 0.3) is 0 Å². The molecule has 1 aromatic carbocycles. The van der Waals surface area contributed by atoms with Crippen LogP contribution in [0.4, 0.5) is 0 Å². The van der Waals surface area contributed by atoms with Crippen molar-refractivity contribution in [3.63, 3.8) is 0 Å². The summed E-state index contributed by atoms with van der Waals surface area (Å²) in [5.74, 6) is -0.895. The first-order valence-electron chi connectivity index (χ1n) is 6.72. The molecular formula is C15H16N2O2S. The number of hydrogen-bond acceptors (Lipinski definition) is 4. The Balaban J connectivity index is 1.88. The standard InChI is InChI=1S/C15H16N2O2S/c1-2-17-8-7-12-13(9-17)20-14(16-12)10-3-5-11(6-4-10)15(18)19/h3-6H,2,7-9H2,1H3,(H,18,19). The molecule has 3 rings (SSSR count). The lowest BCUT2D eigenvalue weighted by Crippen LogP contribution is -2.29. The van der Waals surface area contributed by atoms with Crippen molar-refractivity contribution < 1.29 is 9.90 Å². The van der Waals surface area contributed by atoms with Crippen LogP contribution in [0.3, 0.4) is 0 Å².